The van der Waals surface area contributed by atoms with Gasteiger partial charge in [-0.3, -0.25) is 16.3 Å². The monoisotopic (exact) mass is 241 g/mol. The van der Waals surface area contributed by atoms with Crippen molar-refractivity contribution in [1.82, 2.24) is 10.4 Å². The van der Waals surface area contributed by atoms with E-state index in [2.05, 4.69) is 47.7 Å². The van der Waals surface area contributed by atoms with E-state index in [-0.39, 0.29) is 6.04 Å². The van der Waals surface area contributed by atoms with Crippen molar-refractivity contribution in [3.05, 3.63) is 65.5 Å². The normalized spacial score (nSPS) is 12.3. The van der Waals surface area contributed by atoms with Crippen LogP contribution in [0, 0.1) is 6.92 Å². The Bertz CT molecular complexity index is 482. The predicted molar refractivity (Wildman–Crippen MR) is 73.8 cm³/mol. The molecule has 0 aliphatic heterocycles. The fourth-order valence-corrected chi connectivity index (χ4v) is 2.12. The number of nitrogens with one attached hydrogen (secondary N) is 1. The minimum Gasteiger partial charge on any atom is -0.271 e. The zero-order valence-corrected chi connectivity index (χ0v) is 10.6. The molecule has 1 unspecified atom stereocenters. The first-order valence-electron chi connectivity index (χ1n) is 6.22. The summed E-state index contributed by atoms with van der Waals surface area (Å²) >= 11 is 0. The van der Waals surface area contributed by atoms with Crippen LogP contribution >= 0.6 is 0 Å². The number of hydrogen-bond acceptors (Lipinski definition) is 3. The second-order valence-electron chi connectivity index (χ2n) is 4.47. The van der Waals surface area contributed by atoms with Crippen LogP contribution in [0.2, 0.25) is 0 Å². The van der Waals surface area contributed by atoms with Crippen molar-refractivity contribution >= 4 is 0 Å². The topological polar surface area (TPSA) is 50.9 Å². The van der Waals surface area contributed by atoms with Crippen molar-refractivity contribution in [2.45, 2.75) is 25.8 Å². The lowest BCUT2D eigenvalue weighted by atomic mass is 9.98. The van der Waals surface area contributed by atoms with Gasteiger partial charge < -0.3 is 0 Å². The average molecular weight is 241 g/mol. The Kier molecular flexibility index (Phi) is 4.45. The van der Waals surface area contributed by atoms with Crippen LogP contribution in [0.1, 0.15) is 29.2 Å². The van der Waals surface area contributed by atoms with Crippen molar-refractivity contribution in [2.75, 3.05) is 0 Å². The van der Waals surface area contributed by atoms with Gasteiger partial charge in [0.05, 0.1) is 0 Å². The van der Waals surface area contributed by atoms with Gasteiger partial charge in [-0.25, -0.2) is 0 Å². The largest absolute Gasteiger partial charge is 0.271 e. The van der Waals surface area contributed by atoms with Gasteiger partial charge in [0, 0.05) is 18.4 Å². The first-order valence-corrected chi connectivity index (χ1v) is 6.22. The third-order valence-electron chi connectivity index (χ3n) is 3.25. The van der Waals surface area contributed by atoms with Gasteiger partial charge in [-0.15, -0.1) is 0 Å². The molecule has 1 atom stereocenters. The Morgan fingerprint density at radius 1 is 1.22 bits per heavy atom. The smallest absolute Gasteiger partial charge is 0.0478 e. The number of aromatic nitrogens is 1. The van der Waals surface area contributed by atoms with Gasteiger partial charge >= 0.3 is 0 Å². The summed E-state index contributed by atoms with van der Waals surface area (Å²) < 4.78 is 0. The Morgan fingerprint density at radius 3 is 2.72 bits per heavy atom. The third kappa shape index (κ3) is 3.15. The number of nitrogens with two attached hydrogens (primary N) is 1. The second-order valence-corrected chi connectivity index (χ2v) is 4.47. The van der Waals surface area contributed by atoms with Crippen molar-refractivity contribution in [2.24, 2.45) is 5.84 Å². The Labute approximate surface area is 108 Å². The molecule has 0 amide bonds. The van der Waals surface area contributed by atoms with E-state index in [0.29, 0.717) is 0 Å². The Morgan fingerprint density at radius 2 is 2.06 bits per heavy atom. The summed E-state index contributed by atoms with van der Waals surface area (Å²) in [4.78, 5) is 4.13. The fraction of sp³-hybridized carbons (Fsp3) is 0.267. The minimum atomic E-state index is 0.151. The quantitative estimate of drug-likeness (QED) is 0.624. The molecule has 0 aliphatic rings. The van der Waals surface area contributed by atoms with Crippen LogP contribution in [-0.4, -0.2) is 4.98 Å². The van der Waals surface area contributed by atoms with Gasteiger partial charge in [-0.2, -0.15) is 0 Å². The van der Waals surface area contributed by atoms with Gasteiger partial charge in [0.2, 0.25) is 0 Å². The van der Waals surface area contributed by atoms with Crippen molar-refractivity contribution in [3.63, 3.8) is 0 Å². The summed E-state index contributed by atoms with van der Waals surface area (Å²) in [6.07, 6.45) is 5.62. The van der Waals surface area contributed by atoms with Gasteiger partial charge in [0.1, 0.15) is 0 Å². The van der Waals surface area contributed by atoms with Crippen molar-refractivity contribution < 1.29 is 0 Å². The molecule has 2 aromatic rings. The van der Waals surface area contributed by atoms with Crippen LogP contribution in [0.25, 0.3) is 0 Å². The maximum atomic E-state index is 5.63. The molecule has 0 spiro atoms. The van der Waals surface area contributed by atoms with Crippen LogP contribution < -0.4 is 11.3 Å². The molecule has 18 heavy (non-hydrogen) atoms. The lowest BCUT2D eigenvalue weighted by Gasteiger charge is -2.16. The highest BCUT2D eigenvalue weighted by molar-refractivity contribution is 5.26. The van der Waals surface area contributed by atoms with Gasteiger partial charge in [0.15, 0.2) is 0 Å². The van der Waals surface area contributed by atoms with E-state index in [0.717, 1.165) is 18.4 Å². The lowest BCUT2D eigenvalue weighted by Crippen LogP contribution is -2.28. The highest BCUT2D eigenvalue weighted by atomic mass is 15.2. The van der Waals surface area contributed by atoms with E-state index in [1.807, 2.05) is 12.3 Å². The SMILES string of the molecule is Cc1ccccc1CCC(NN)c1cccnc1. The summed E-state index contributed by atoms with van der Waals surface area (Å²) in [7, 11) is 0. The molecular weight excluding hydrogens is 222 g/mol. The molecule has 94 valence electrons. The standard InChI is InChI=1S/C15H19N3/c1-12-5-2-3-6-13(12)8-9-15(18-16)14-7-4-10-17-11-14/h2-7,10-11,15,18H,8-9,16H2,1H3. The Hall–Kier alpha value is -1.71. The number of pyridine rings is 1. The van der Waals surface area contributed by atoms with E-state index in [9.17, 15) is 0 Å². The number of hydrogen-bond donors (Lipinski definition) is 2. The summed E-state index contributed by atoms with van der Waals surface area (Å²) in [5.41, 5.74) is 6.71. The number of benzene rings is 1. The van der Waals surface area contributed by atoms with Gasteiger partial charge in [-0.1, -0.05) is 30.3 Å². The van der Waals surface area contributed by atoms with Gasteiger partial charge in [-0.05, 0) is 42.5 Å². The van der Waals surface area contributed by atoms with E-state index >= 15 is 0 Å². The van der Waals surface area contributed by atoms with Crippen LogP contribution in [0.5, 0.6) is 0 Å². The minimum absolute atomic E-state index is 0.151. The fourth-order valence-electron chi connectivity index (χ4n) is 2.12. The lowest BCUT2D eigenvalue weighted by molar-refractivity contribution is 0.514. The number of rotatable bonds is 5. The summed E-state index contributed by atoms with van der Waals surface area (Å²) in [6, 6.07) is 12.6. The third-order valence-corrected chi connectivity index (χ3v) is 3.25. The molecule has 0 fully saturated rings. The zero-order valence-electron chi connectivity index (χ0n) is 10.6. The maximum Gasteiger partial charge on any atom is 0.0478 e. The highest BCUT2D eigenvalue weighted by Gasteiger charge is 2.10. The van der Waals surface area contributed by atoms with E-state index in [1.165, 1.54) is 11.1 Å². The maximum absolute atomic E-state index is 5.63. The number of hydrazine groups is 1. The van der Waals surface area contributed by atoms with E-state index in [4.69, 9.17) is 5.84 Å². The highest BCUT2D eigenvalue weighted by Crippen LogP contribution is 2.18. The molecule has 3 heteroatoms. The molecule has 1 aromatic heterocycles. The number of aryl methyl sites for hydroxylation is 2. The molecule has 0 aliphatic carbocycles. The summed E-state index contributed by atoms with van der Waals surface area (Å²) in [5.74, 6) is 5.63. The molecule has 2 rings (SSSR count). The molecule has 3 nitrogen and oxygen atoms in total. The molecule has 0 radical (unpaired) electrons. The molecular formula is C15H19N3. The van der Waals surface area contributed by atoms with E-state index in [1.54, 1.807) is 6.20 Å². The van der Waals surface area contributed by atoms with Gasteiger partial charge in [0.25, 0.3) is 0 Å². The molecule has 1 aromatic carbocycles. The summed E-state index contributed by atoms with van der Waals surface area (Å²) in [6.45, 7) is 2.14. The van der Waals surface area contributed by atoms with Crippen molar-refractivity contribution in [1.29, 1.82) is 0 Å². The van der Waals surface area contributed by atoms with Crippen molar-refractivity contribution in [3.8, 4) is 0 Å². The molecule has 1 heterocycles. The average Bonchev–Trinajstić information content (AvgIpc) is 2.42. The van der Waals surface area contributed by atoms with Crippen LogP contribution in [0.3, 0.4) is 0 Å². The molecule has 0 saturated carbocycles. The van der Waals surface area contributed by atoms with Crippen LogP contribution in [-0.2, 0) is 6.42 Å². The number of nitrogens with zero attached hydrogens (tertiary/aromatic N) is 1. The molecule has 0 saturated heterocycles. The zero-order chi connectivity index (χ0) is 12.8. The van der Waals surface area contributed by atoms with Crippen LogP contribution in [0.4, 0.5) is 0 Å². The molecule has 3 N–H and O–H groups in total. The first kappa shape index (κ1) is 12.7. The Balaban J connectivity index is 2.02. The second kappa shape index (κ2) is 6.28. The summed E-state index contributed by atoms with van der Waals surface area (Å²) in [5, 5.41) is 0. The van der Waals surface area contributed by atoms with E-state index < -0.39 is 0 Å². The van der Waals surface area contributed by atoms with Crippen LogP contribution in [0.15, 0.2) is 48.8 Å². The molecule has 0 bridgehead atoms. The first-order chi connectivity index (χ1) is 8.81. The predicted octanol–water partition coefficient (Wildman–Crippen LogP) is 2.53.